The largest absolute Gasteiger partial charge is 0.216 e. The third kappa shape index (κ3) is 4.59. The van der Waals surface area contributed by atoms with Gasteiger partial charge in [0.15, 0.2) is 0 Å². The number of nitrogens with zero attached hydrogens (tertiary/aromatic N) is 1. The first-order chi connectivity index (χ1) is 11.5. The second-order valence-corrected chi connectivity index (χ2v) is 13.6. The number of benzene rings is 1. The van der Waals surface area contributed by atoms with Crippen molar-refractivity contribution in [3.63, 3.8) is 0 Å². The summed E-state index contributed by atoms with van der Waals surface area (Å²) in [6.45, 7) is 13.8. The first-order valence-electron chi connectivity index (χ1n) is 9.23. The fraction of sp³-hybridized carbons (Fsp3) is 0.700. The van der Waals surface area contributed by atoms with E-state index in [0.29, 0.717) is 24.9 Å². The predicted molar refractivity (Wildman–Crippen MR) is 115 cm³/mol. The van der Waals surface area contributed by atoms with Crippen molar-refractivity contribution < 1.29 is 8.42 Å². The molecule has 0 aromatic heterocycles. The highest BCUT2D eigenvalue weighted by molar-refractivity contribution is 14.1. The van der Waals surface area contributed by atoms with Crippen LogP contribution < -0.4 is 0 Å². The number of piperidine rings is 1. The molecule has 1 aromatic carbocycles. The first-order valence-corrected chi connectivity index (χ1v) is 11.8. The van der Waals surface area contributed by atoms with Crippen LogP contribution in [0.25, 0.3) is 0 Å². The van der Waals surface area contributed by atoms with E-state index in [-0.39, 0.29) is 14.6 Å². The van der Waals surface area contributed by atoms with Gasteiger partial charge >= 0.3 is 0 Å². The normalized spacial score (nSPS) is 23.4. The topological polar surface area (TPSA) is 37.4 Å². The quantitative estimate of drug-likeness (QED) is 0.434. The SMILES string of the molecule is CC(C)c1ccccc1C1CN(S(=O)(=O)C(C)C)CCC1C(C)(C)I. The molecule has 25 heavy (non-hydrogen) atoms. The van der Waals surface area contributed by atoms with Crippen LogP contribution in [-0.4, -0.2) is 34.5 Å². The van der Waals surface area contributed by atoms with Crippen LogP contribution in [0.3, 0.4) is 0 Å². The van der Waals surface area contributed by atoms with Gasteiger partial charge in [-0.05, 0) is 43.2 Å². The maximum atomic E-state index is 12.8. The Morgan fingerprint density at radius 3 is 2.28 bits per heavy atom. The van der Waals surface area contributed by atoms with Gasteiger partial charge in [0.05, 0.1) is 5.25 Å². The van der Waals surface area contributed by atoms with Crippen molar-refractivity contribution in [2.24, 2.45) is 5.92 Å². The Kier molecular flexibility index (Phi) is 6.64. The van der Waals surface area contributed by atoms with E-state index in [1.54, 1.807) is 18.2 Å². The lowest BCUT2D eigenvalue weighted by molar-refractivity contribution is 0.212. The Bertz CT molecular complexity index is 692. The summed E-state index contributed by atoms with van der Waals surface area (Å²) in [6, 6.07) is 8.59. The predicted octanol–water partition coefficient (Wildman–Crippen LogP) is 5.17. The molecule has 3 nitrogen and oxygen atoms in total. The van der Waals surface area contributed by atoms with Crippen molar-refractivity contribution in [3.8, 4) is 0 Å². The summed E-state index contributed by atoms with van der Waals surface area (Å²) >= 11 is 2.54. The Morgan fingerprint density at radius 1 is 1.16 bits per heavy atom. The third-order valence-electron chi connectivity index (χ3n) is 5.43. The molecule has 0 spiro atoms. The molecule has 1 saturated heterocycles. The molecule has 1 aliphatic rings. The van der Waals surface area contributed by atoms with E-state index in [2.05, 4.69) is 74.6 Å². The first kappa shape index (κ1) is 21.2. The zero-order valence-electron chi connectivity index (χ0n) is 16.3. The second kappa shape index (κ2) is 7.85. The Balaban J connectivity index is 2.48. The summed E-state index contributed by atoms with van der Waals surface area (Å²) in [5.41, 5.74) is 2.68. The van der Waals surface area contributed by atoms with Crippen LogP contribution in [0.5, 0.6) is 0 Å². The number of alkyl halides is 1. The van der Waals surface area contributed by atoms with E-state index in [1.807, 2.05) is 0 Å². The van der Waals surface area contributed by atoms with Crippen molar-refractivity contribution in [1.29, 1.82) is 0 Å². The molecule has 1 fully saturated rings. The molecule has 142 valence electrons. The van der Waals surface area contributed by atoms with Gasteiger partial charge in [0.2, 0.25) is 10.0 Å². The Hall–Kier alpha value is -0.140. The van der Waals surface area contributed by atoms with Crippen LogP contribution in [0.15, 0.2) is 24.3 Å². The number of halogens is 1. The van der Waals surface area contributed by atoms with Gasteiger partial charge in [-0.15, -0.1) is 0 Å². The molecule has 0 amide bonds. The highest BCUT2D eigenvalue weighted by Crippen LogP contribution is 2.45. The molecule has 2 unspecified atom stereocenters. The molecule has 5 heteroatoms. The molecule has 0 saturated carbocycles. The molecule has 0 aliphatic carbocycles. The number of rotatable bonds is 5. The summed E-state index contributed by atoms with van der Waals surface area (Å²) in [4.78, 5) is 0. The molecule has 2 rings (SSSR count). The molecular weight excluding hydrogens is 445 g/mol. The molecule has 1 heterocycles. The van der Waals surface area contributed by atoms with Gasteiger partial charge in [-0.3, -0.25) is 0 Å². The van der Waals surface area contributed by atoms with Gasteiger partial charge in [-0.2, -0.15) is 0 Å². The fourth-order valence-electron chi connectivity index (χ4n) is 3.96. The number of hydrogen-bond donors (Lipinski definition) is 0. The van der Waals surface area contributed by atoms with Gasteiger partial charge in [0, 0.05) is 22.4 Å². The molecule has 1 aliphatic heterocycles. The van der Waals surface area contributed by atoms with Gasteiger partial charge < -0.3 is 0 Å². The van der Waals surface area contributed by atoms with E-state index in [9.17, 15) is 8.42 Å². The Labute approximate surface area is 167 Å². The highest BCUT2D eigenvalue weighted by Gasteiger charge is 2.42. The average Bonchev–Trinajstić information content (AvgIpc) is 2.53. The zero-order valence-corrected chi connectivity index (χ0v) is 19.3. The average molecular weight is 477 g/mol. The van der Waals surface area contributed by atoms with Crippen LogP contribution in [-0.2, 0) is 10.0 Å². The van der Waals surface area contributed by atoms with E-state index < -0.39 is 10.0 Å². The standard InChI is InChI=1S/C20H32INO2S/c1-14(2)16-9-7-8-10-17(16)18-13-22(25(23,24)15(3)4)12-11-19(18)20(5,6)21/h7-10,14-15,18-19H,11-13H2,1-6H3. The summed E-state index contributed by atoms with van der Waals surface area (Å²) in [5, 5.41) is -0.363. The lowest BCUT2D eigenvalue weighted by Crippen LogP contribution is -2.48. The lowest BCUT2D eigenvalue weighted by Gasteiger charge is -2.44. The van der Waals surface area contributed by atoms with Gasteiger partial charge in [-0.1, -0.05) is 74.6 Å². The minimum atomic E-state index is -3.21. The van der Waals surface area contributed by atoms with Crippen LogP contribution in [0.1, 0.15) is 70.9 Å². The van der Waals surface area contributed by atoms with E-state index in [4.69, 9.17) is 0 Å². The molecule has 1 aromatic rings. The molecular formula is C20H32INO2S. The third-order valence-corrected chi connectivity index (χ3v) is 8.47. The van der Waals surface area contributed by atoms with Crippen LogP contribution >= 0.6 is 22.6 Å². The summed E-state index contributed by atoms with van der Waals surface area (Å²) in [7, 11) is -3.21. The number of hydrogen-bond acceptors (Lipinski definition) is 2. The van der Waals surface area contributed by atoms with Crippen molar-refractivity contribution in [3.05, 3.63) is 35.4 Å². The fourth-order valence-corrected chi connectivity index (χ4v) is 6.03. The van der Waals surface area contributed by atoms with Gasteiger partial charge in [0.1, 0.15) is 0 Å². The second-order valence-electron chi connectivity index (χ2n) is 8.30. The van der Waals surface area contributed by atoms with Crippen molar-refractivity contribution in [2.75, 3.05) is 13.1 Å². The lowest BCUT2D eigenvalue weighted by atomic mass is 9.73. The van der Waals surface area contributed by atoms with Crippen LogP contribution in [0, 0.1) is 5.92 Å². The van der Waals surface area contributed by atoms with Crippen molar-refractivity contribution >= 4 is 32.6 Å². The van der Waals surface area contributed by atoms with Gasteiger partial charge in [0.25, 0.3) is 0 Å². The van der Waals surface area contributed by atoms with E-state index in [1.165, 1.54) is 11.1 Å². The Morgan fingerprint density at radius 2 is 1.76 bits per heavy atom. The van der Waals surface area contributed by atoms with E-state index in [0.717, 1.165) is 6.42 Å². The summed E-state index contributed by atoms with van der Waals surface area (Å²) < 4.78 is 27.4. The smallest absolute Gasteiger partial charge is 0.212 e. The van der Waals surface area contributed by atoms with Crippen LogP contribution in [0.4, 0.5) is 0 Å². The van der Waals surface area contributed by atoms with E-state index >= 15 is 0 Å². The van der Waals surface area contributed by atoms with Crippen molar-refractivity contribution in [2.45, 2.75) is 68.5 Å². The highest BCUT2D eigenvalue weighted by atomic mass is 127. The van der Waals surface area contributed by atoms with Crippen LogP contribution in [0.2, 0.25) is 0 Å². The zero-order chi connectivity index (χ0) is 19.0. The molecule has 0 bridgehead atoms. The minimum Gasteiger partial charge on any atom is -0.212 e. The monoisotopic (exact) mass is 477 g/mol. The summed E-state index contributed by atoms with van der Waals surface area (Å²) in [5.74, 6) is 1.14. The van der Waals surface area contributed by atoms with Gasteiger partial charge in [-0.25, -0.2) is 12.7 Å². The molecule has 0 N–H and O–H groups in total. The maximum absolute atomic E-state index is 12.8. The maximum Gasteiger partial charge on any atom is 0.216 e. The minimum absolute atomic E-state index is 0.125. The summed E-state index contributed by atoms with van der Waals surface area (Å²) in [6.07, 6.45) is 0.916. The molecule has 0 radical (unpaired) electrons. The molecule has 2 atom stereocenters. The van der Waals surface area contributed by atoms with Crippen molar-refractivity contribution in [1.82, 2.24) is 4.31 Å². The number of sulfonamides is 1.